The summed E-state index contributed by atoms with van der Waals surface area (Å²) in [4.78, 5) is 23.9. The molecule has 0 aliphatic rings. The highest BCUT2D eigenvalue weighted by molar-refractivity contribution is 5.87. The lowest BCUT2D eigenvalue weighted by atomic mass is 10.1. The van der Waals surface area contributed by atoms with Crippen molar-refractivity contribution in [3.05, 3.63) is 0 Å². The number of rotatable bonds is 16. The van der Waals surface area contributed by atoms with Crippen LogP contribution in [0.25, 0.3) is 0 Å². The second-order valence-corrected chi connectivity index (χ2v) is 6.58. The second-order valence-electron chi connectivity index (χ2n) is 6.58. The molecule has 0 aliphatic heterocycles. The van der Waals surface area contributed by atoms with Crippen molar-refractivity contribution in [3.8, 4) is 0 Å². The highest BCUT2D eigenvalue weighted by Gasteiger charge is 2.18. The molecule has 24 heavy (non-hydrogen) atoms. The van der Waals surface area contributed by atoms with Gasteiger partial charge in [-0.25, -0.2) is 0 Å². The molecular formula is C19H39N3O2. The van der Waals surface area contributed by atoms with Crippen molar-refractivity contribution in [2.75, 3.05) is 13.1 Å². The van der Waals surface area contributed by atoms with E-state index >= 15 is 0 Å². The first kappa shape index (κ1) is 22.9. The molecule has 0 saturated heterocycles. The Hall–Kier alpha value is -1.10. The molecule has 0 rings (SSSR count). The molecular weight excluding hydrogens is 302 g/mol. The van der Waals surface area contributed by atoms with Crippen LogP contribution in [-0.4, -0.2) is 30.9 Å². The van der Waals surface area contributed by atoms with Crippen molar-refractivity contribution in [2.45, 2.75) is 96.9 Å². The van der Waals surface area contributed by atoms with E-state index in [0.717, 1.165) is 25.7 Å². The van der Waals surface area contributed by atoms with E-state index in [9.17, 15) is 9.59 Å². The summed E-state index contributed by atoms with van der Waals surface area (Å²) in [5, 5.41) is 5.61. The minimum atomic E-state index is -0.603. The number of nitrogens with two attached hydrogens (primary N) is 1. The largest absolute Gasteiger partial charge is 0.354 e. The molecule has 0 heterocycles. The van der Waals surface area contributed by atoms with Gasteiger partial charge in [-0.05, 0) is 12.8 Å². The average molecular weight is 342 g/mol. The lowest BCUT2D eigenvalue weighted by molar-refractivity contribution is -0.128. The summed E-state index contributed by atoms with van der Waals surface area (Å²) < 4.78 is 0. The Kier molecular flexibility index (Phi) is 16.0. The van der Waals surface area contributed by atoms with Gasteiger partial charge in [0.05, 0.1) is 0 Å². The van der Waals surface area contributed by atoms with Crippen molar-refractivity contribution in [1.29, 1.82) is 0 Å². The number of nitrogens with one attached hydrogen (secondary N) is 2. The van der Waals surface area contributed by atoms with Crippen LogP contribution in [0.5, 0.6) is 0 Å². The standard InChI is InChI=1S/C19H39N3O2/c1-3-5-7-9-10-11-12-14-18(23)22-17(16-20)19(24)21-15-13-8-6-4-2/h17H,3-16,20H2,1-2H3,(H,21,24)(H,22,23)/t17-/m0/s1. The van der Waals surface area contributed by atoms with Crippen LogP contribution in [0.3, 0.4) is 0 Å². The predicted octanol–water partition coefficient (Wildman–Crippen LogP) is 3.27. The first-order valence-corrected chi connectivity index (χ1v) is 9.92. The van der Waals surface area contributed by atoms with Gasteiger partial charge in [-0.1, -0.05) is 71.6 Å². The van der Waals surface area contributed by atoms with Crippen LogP contribution >= 0.6 is 0 Å². The minimum absolute atomic E-state index is 0.0693. The van der Waals surface area contributed by atoms with E-state index < -0.39 is 6.04 Å². The van der Waals surface area contributed by atoms with E-state index in [4.69, 9.17) is 5.73 Å². The number of hydrogen-bond acceptors (Lipinski definition) is 3. The van der Waals surface area contributed by atoms with Gasteiger partial charge in [-0.3, -0.25) is 9.59 Å². The zero-order chi connectivity index (χ0) is 18.0. The SMILES string of the molecule is CCCCCCCCCC(=O)N[C@@H](CN)C(=O)NCCCCCC. The van der Waals surface area contributed by atoms with E-state index in [0.29, 0.717) is 13.0 Å². The van der Waals surface area contributed by atoms with Crippen molar-refractivity contribution < 1.29 is 9.59 Å². The molecule has 0 fully saturated rings. The summed E-state index contributed by atoms with van der Waals surface area (Å²) >= 11 is 0. The summed E-state index contributed by atoms with van der Waals surface area (Å²) in [6, 6.07) is -0.603. The van der Waals surface area contributed by atoms with Crippen LogP contribution in [0.1, 0.15) is 90.9 Å². The van der Waals surface area contributed by atoms with Gasteiger partial charge in [0, 0.05) is 19.5 Å². The van der Waals surface area contributed by atoms with Gasteiger partial charge in [-0.2, -0.15) is 0 Å². The highest BCUT2D eigenvalue weighted by atomic mass is 16.2. The molecule has 0 saturated carbocycles. The zero-order valence-electron chi connectivity index (χ0n) is 15.9. The minimum Gasteiger partial charge on any atom is -0.354 e. The fourth-order valence-electron chi connectivity index (χ4n) is 2.63. The smallest absolute Gasteiger partial charge is 0.243 e. The zero-order valence-corrected chi connectivity index (χ0v) is 15.9. The Bertz CT molecular complexity index is 322. The van der Waals surface area contributed by atoms with Gasteiger partial charge in [0.25, 0.3) is 0 Å². The highest BCUT2D eigenvalue weighted by Crippen LogP contribution is 2.08. The maximum Gasteiger partial charge on any atom is 0.243 e. The fraction of sp³-hybridized carbons (Fsp3) is 0.895. The number of hydrogen-bond donors (Lipinski definition) is 3. The van der Waals surface area contributed by atoms with Gasteiger partial charge in [-0.15, -0.1) is 0 Å². The third kappa shape index (κ3) is 13.3. The number of carbonyl (C=O) groups is 2. The molecule has 5 nitrogen and oxygen atoms in total. The molecule has 0 aromatic carbocycles. The number of amides is 2. The molecule has 0 aromatic rings. The molecule has 0 radical (unpaired) electrons. The summed E-state index contributed by atoms with van der Waals surface area (Å²) in [6.07, 6.45) is 13.2. The Balaban J connectivity index is 3.76. The molecule has 0 aromatic heterocycles. The van der Waals surface area contributed by atoms with E-state index in [1.165, 1.54) is 44.9 Å². The predicted molar refractivity (Wildman–Crippen MR) is 101 cm³/mol. The van der Waals surface area contributed by atoms with Crippen molar-refractivity contribution in [2.24, 2.45) is 5.73 Å². The maximum absolute atomic E-state index is 12.0. The lowest BCUT2D eigenvalue weighted by Crippen LogP contribution is -2.50. The van der Waals surface area contributed by atoms with Crippen molar-refractivity contribution in [1.82, 2.24) is 10.6 Å². The van der Waals surface area contributed by atoms with Crippen LogP contribution in [-0.2, 0) is 9.59 Å². The van der Waals surface area contributed by atoms with Crippen LogP contribution in [0, 0.1) is 0 Å². The molecule has 0 unspecified atom stereocenters. The van der Waals surface area contributed by atoms with Crippen LogP contribution in [0.2, 0.25) is 0 Å². The first-order chi connectivity index (χ1) is 11.7. The topological polar surface area (TPSA) is 84.2 Å². The molecule has 2 amide bonds. The average Bonchev–Trinajstić information content (AvgIpc) is 2.58. The third-order valence-electron chi connectivity index (χ3n) is 4.22. The van der Waals surface area contributed by atoms with Gasteiger partial charge in [0.2, 0.25) is 11.8 Å². The molecule has 4 N–H and O–H groups in total. The van der Waals surface area contributed by atoms with E-state index in [1.807, 2.05) is 0 Å². The molecule has 0 aliphatic carbocycles. The van der Waals surface area contributed by atoms with Crippen molar-refractivity contribution in [3.63, 3.8) is 0 Å². The van der Waals surface area contributed by atoms with Crippen LogP contribution < -0.4 is 16.4 Å². The van der Waals surface area contributed by atoms with Crippen LogP contribution in [0.4, 0.5) is 0 Å². The quantitative estimate of drug-likeness (QED) is 0.377. The Morgan fingerprint density at radius 2 is 1.38 bits per heavy atom. The third-order valence-corrected chi connectivity index (χ3v) is 4.22. The summed E-state index contributed by atoms with van der Waals surface area (Å²) in [5.74, 6) is -0.234. The second kappa shape index (κ2) is 16.7. The Morgan fingerprint density at radius 3 is 1.96 bits per heavy atom. The first-order valence-electron chi connectivity index (χ1n) is 9.92. The van der Waals surface area contributed by atoms with Gasteiger partial charge in [0.15, 0.2) is 0 Å². The molecule has 0 spiro atoms. The van der Waals surface area contributed by atoms with E-state index in [1.54, 1.807) is 0 Å². The number of unbranched alkanes of at least 4 members (excludes halogenated alkanes) is 9. The summed E-state index contributed by atoms with van der Waals surface area (Å²) in [7, 11) is 0. The normalized spacial score (nSPS) is 12.0. The van der Waals surface area contributed by atoms with E-state index in [-0.39, 0.29) is 18.4 Å². The Morgan fingerprint density at radius 1 is 0.833 bits per heavy atom. The molecule has 1 atom stereocenters. The summed E-state index contributed by atoms with van der Waals surface area (Å²) in [6.45, 7) is 5.16. The van der Waals surface area contributed by atoms with E-state index in [2.05, 4.69) is 24.5 Å². The molecule has 5 heteroatoms. The van der Waals surface area contributed by atoms with Crippen LogP contribution in [0.15, 0.2) is 0 Å². The fourth-order valence-corrected chi connectivity index (χ4v) is 2.63. The molecule has 0 bridgehead atoms. The number of carbonyl (C=O) groups excluding carboxylic acids is 2. The van der Waals surface area contributed by atoms with Gasteiger partial charge >= 0.3 is 0 Å². The monoisotopic (exact) mass is 341 g/mol. The Labute approximate surface area is 148 Å². The van der Waals surface area contributed by atoms with Gasteiger partial charge in [0.1, 0.15) is 6.04 Å². The van der Waals surface area contributed by atoms with Crippen molar-refractivity contribution >= 4 is 11.8 Å². The molecule has 142 valence electrons. The summed E-state index contributed by atoms with van der Waals surface area (Å²) in [5.41, 5.74) is 5.62. The maximum atomic E-state index is 12.0. The van der Waals surface area contributed by atoms with Gasteiger partial charge < -0.3 is 16.4 Å². The lowest BCUT2D eigenvalue weighted by Gasteiger charge is -2.16.